The summed E-state index contributed by atoms with van der Waals surface area (Å²) in [6.45, 7) is 2.04. The Morgan fingerprint density at radius 1 is 1.39 bits per heavy atom. The molecule has 2 N–H and O–H groups in total. The molecule has 0 spiro atoms. The fraction of sp³-hybridized carbons (Fsp3) is 0.545. The molecule has 0 aromatic carbocycles. The molecule has 0 bridgehead atoms. The molecule has 7 nitrogen and oxygen atoms in total. The predicted molar refractivity (Wildman–Crippen MR) is 61.3 cm³/mol. The molecule has 1 aromatic rings. The zero-order valence-corrected chi connectivity index (χ0v) is 9.85. The molecule has 2 aliphatic heterocycles. The first-order chi connectivity index (χ1) is 8.66. The quantitative estimate of drug-likeness (QED) is 0.681. The van der Waals surface area contributed by atoms with E-state index in [4.69, 9.17) is 5.11 Å². The number of fused-ring (bicyclic) bond motifs is 3. The van der Waals surface area contributed by atoms with Crippen molar-refractivity contribution < 1.29 is 14.7 Å². The highest BCUT2D eigenvalue weighted by Crippen LogP contribution is 2.23. The van der Waals surface area contributed by atoms with E-state index < -0.39 is 6.09 Å². The lowest BCUT2D eigenvalue weighted by Crippen LogP contribution is -2.35. The highest BCUT2D eigenvalue weighted by Gasteiger charge is 2.30. The molecule has 0 radical (unpaired) electrons. The van der Waals surface area contributed by atoms with E-state index >= 15 is 0 Å². The molecule has 3 rings (SSSR count). The first-order valence-electron chi connectivity index (χ1n) is 6.01. The largest absolute Gasteiger partial charge is 0.465 e. The maximum atomic E-state index is 12.0. The van der Waals surface area contributed by atoms with Crippen molar-refractivity contribution in [2.24, 2.45) is 0 Å². The van der Waals surface area contributed by atoms with Crippen molar-refractivity contribution in [3.8, 4) is 0 Å². The van der Waals surface area contributed by atoms with E-state index in [1.807, 2.05) is 0 Å². The maximum Gasteiger partial charge on any atom is 0.407 e. The third-order valence-corrected chi connectivity index (χ3v) is 3.42. The number of rotatable bonds is 0. The van der Waals surface area contributed by atoms with Crippen molar-refractivity contribution in [1.82, 2.24) is 20.0 Å². The van der Waals surface area contributed by atoms with Gasteiger partial charge >= 0.3 is 6.09 Å². The minimum Gasteiger partial charge on any atom is -0.465 e. The topological polar surface area (TPSA) is 87.5 Å². The van der Waals surface area contributed by atoms with Gasteiger partial charge in [0.25, 0.3) is 5.91 Å². The summed E-state index contributed by atoms with van der Waals surface area (Å²) in [7, 11) is 0. The molecular formula is C11H14N4O3. The summed E-state index contributed by atoms with van der Waals surface area (Å²) in [5, 5.41) is 16.3. The van der Waals surface area contributed by atoms with Crippen LogP contribution in [-0.4, -0.2) is 44.9 Å². The molecule has 18 heavy (non-hydrogen) atoms. The van der Waals surface area contributed by atoms with Gasteiger partial charge in [0.2, 0.25) is 0 Å². The van der Waals surface area contributed by atoms with Crippen LogP contribution >= 0.6 is 0 Å². The first-order valence-corrected chi connectivity index (χ1v) is 6.01. The Balaban J connectivity index is 2.02. The highest BCUT2D eigenvalue weighted by molar-refractivity contribution is 5.94. The van der Waals surface area contributed by atoms with Crippen LogP contribution in [0.4, 0.5) is 4.79 Å². The van der Waals surface area contributed by atoms with Gasteiger partial charge in [-0.25, -0.2) is 4.79 Å². The summed E-state index contributed by atoms with van der Waals surface area (Å²) in [6.07, 6.45) is 0.478. The van der Waals surface area contributed by atoms with Crippen molar-refractivity contribution in [3.05, 3.63) is 17.0 Å². The zero-order valence-electron chi connectivity index (χ0n) is 9.85. The van der Waals surface area contributed by atoms with Gasteiger partial charge in [0, 0.05) is 31.6 Å². The number of carboxylic acid groups (broad SMARTS) is 1. The van der Waals surface area contributed by atoms with Gasteiger partial charge in [-0.05, 0) is 6.42 Å². The monoisotopic (exact) mass is 250 g/mol. The number of carbonyl (C=O) groups excluding carboxylic acids is 1. The number of aromatic nitrogens is 2. The molecule has 1 aromatic heterocycles. The van der Waals surface area contributed by atoms with Crippen molar-refractivity contribution in [1.29, 1.82) is 0 Å². The first kappa shape index (κ1) is 11.1. The standard InChI is InChI=1S/C11H14N4O3/c16-10-9-7-6-14(11(17)18)5-2-8(7)13-15(9)4-1-3-12-10/h1-6H2,(H,12,16)(H,17,18). The van der Waals surface area contributed by atoms with Crippen LogP contribution in [0, 0.1) is 0 Å². The van der Waals surface area contributed by atoms with Crippen molar-refractivity contribution in [3.63, 3.8) is 0 Å². The number of hydrogen-bond donors (Lipinski definition) is 2. The van der Waals surface area contributed by atoms with Crippen molar-refractivity contribution in [2.75, 3.05) is 13.1 Å². The van der Waals surface area contributed by atoms with Crippen LogP contribution in [0.1, 0.15) is 28.2 Å². The predicted octanol–water partition coefficient (Wildman–Crippen LogP) is 0.0527. The molecular weight excluding hydrogens is 236 g/mol. The Bertz CT molecular complexity index is 523. The van der Waals surface area contributed by atoms with Gasteiger partial charge in [0.1, 0.15) is 5.69 Å². The van der Waals surface area contributed by atoms with E-state index in [-0.39, 0.29) is 12.5 Å². The zero-order chi connectivity index (χ0) is 12.7. The van der Waals surface area contributed by atoms with E-state index in [1.54, 1.807) is 4.68 Å². The van der Waals surface area contributed by atoms with E-state index in [1.165, 1.54) is 4.90 Å². The number of amides is 2. The number of aryl methyl sites for hydroxylation is 1. The van der Waals surface area contributed by atoms with Crippen LogP contribution in [0.25, 0.3) is 0 Å². The summed E-state index contributed by atoms with van der Waals surface area (Å²) < 4.78 is 1.72. The normalized spacial score (nSPS) is 18.7. The fourth-order valence-electron chi connectivity index (χ4n) is 2.52. The number of nitrogens with zero attached hydrogens (tertiary/aromatic N) is 3. The van der Waals surface area contributed by atoms with Gasteiger partial charge in [0.15, 0.2) is 0 Å². The molecule has 0 unspecified atom stereocenters. The smallest absolute Gasteiger partial charge is 0.407 e. The molecule has 2 aliphatic rings. The third kappa shape index (κ3) is 1.62. The van der Waals surface area contributed by atoms with E-state index in [0.29, 0.717) is 31.7 Å². The van der Waals surface area contributed by atoms with Gasteiger partial charge < -0.3 is 15.3 Å². The van der Waals surface area contributed by atoms with Gasteiger partial charge in [-0.3, -0.25) is 9.48 Å². The Morgan fingerprint density at radius 2 is 2.22 bits per heavy atom. The minimum atomic E-state index is -0.949. The highest BCUT2D eigenvalue weighted by atomic mass is 16.4. The molecule has 0 saturated heterocycles. The minimum absolute atomic E-state index is 0.145. The molecule has 2 amide bonds. The summed E-state index contributed by atoms with van der Waals surface area (Å²) >= 11 is 0. The number of nitrogens with one attached hydrogen (secondary N) is 1. The average molecular weight is 250 g/mol. The Morgan fingerprint density at radius 3 is 3.00 bits per heavy atom. The van der Waals surface area contributed by atoms with Crippen molar-refractivity contribution >= 4 is 12.0 Å². The lowest BCUT2D eigenvalue weighted by atomic mass is 10.1. The summed E-state index contributed by atoms with van der Waals surface area (Å²) in [5.74, 6) is -0.145. The Kier molecular flexibility index (Phi) is 2.46. The molecule has 7 heteroatoms. The van der Waals surface area contributed by atoms with E-state index in [0.717, 1.165) is 17.7 Å². The van der Waals surface area contributed by atoms with Crippen LogP contribution < -0.4 is 5.32 Å². The Labute approximate surface area is 103 Å². The second-order valence-corrected chi connectivity index (χ2v) is 4.56. The third-order valence-electron chi connectivity index (χ3n) is 3.42. The van der Waals surface area contributed by atoms with Crippen LogP contribution in [0.2, 0.25) is 0 Å². The lowest BCUT2D eigenvalue weighted by molar-refractivity contribution is 0.0946. The van der Waals surface area contributed by atoms with Gasteiger partial charge in [-0.2, -0.15) is 5.10 Å². The van der Waals surface area contributed by atoms with Gasteiger partial charge in [-0.15, -0.1) is 0 Å². The summed E-state index contributed by atoms with van der Waals surface area (Å²) in [5.41, 5.74) is 2.16. The van der Waals surface area contributed by atoms with E-state index in [9.17, 15) is 9.59 Å². The summed E-state index contributed by atoms with van der Waals surface area (Å²) in [6, 6.07) is 0. The average Bonchev–Trinajstić information content (AvgIpc) is 2.61. The SMILES string of the molecule is O=C1NCCCn2nc3c(c21)CN(C(=O)O)CC3. The van der Waals surface area contributed by atoms with Gasteiger partial charge in [0.05, 0.1) is 12.2 Å². The number of hydrogen-bond acceptors (Lipinski definition) is 3. The van der Waals surface area contributed by atoms with Crippen molar-refractivity contribution in [2.45, 2.75) is 25.9 Å². The van der Waals surface area contributed by atoms with Gasteiger partial charge in [-0.1, -0.05) is 0 Å². The summed E-state index contributed by atoms with van der Waals surface area (Å²) in [4.78, 5) is 24.3. The lowest BCUT2D eigenvalue weighted by Gasteiger charge is -2.23. The molecule has 0 aliphatic carbocycles. The molecule has 96 valence electrons. The molecule has 0 atom stereocenters. The molecule has 3 heterocycles. The molecule has 0 saturated carbocycles. The second-order valence-electron chi connectivity index (χ2n) is 4.56. The Hall–Kier alpha value is -2.05. The fourth-order valence-corrected chi connectivity index (χ4v) is 2.52. The van der Waals surface area contributed by atoms with Crippen LogP contribution in [0.15, 0.2) is 0 Å². The van der Waals surface area contributed by atoms with Crippen LogP contribution in [0.5, 0.6) is 0 Å². The van der Waals surface area contributed by atoms with Crippen LogP contribution in [-0.2, 0) is 19.5 Å². The van der Waals surface area contributed by atoms with E-state index in [2.05, 4.69) is 10.4 Å². The number of carbonyl (C=O) groups is 2. The van der Waals surface area contributed by atoms with Crippen LogP contribution in [0.3, 0.4) is 0 Å². The second kappa shape index (κ2) is 4.01. The maximum absolute atomic E-state index is 12.0. The molecule has 0 fully saturated rings.